The Morgan fingerprint density at radius 1 is 1.15 bits per heavy atom. The number of phenolic OH excluding ortho intramolecular Hbond substituents is 1. The zero-order valence-corrected chi connectivity index (χ0v) is 24.2. The number of sulfone groups is 1. The fourth-order valence-corrected chi connectivity index (χ4v) is 6.44. The van der Waals surface area contributed by atoms with Gasteiger partial charge in [0.2, 0.25) is 0 Å². The Kier molecular flexibility index (Phi) is 7.33. The number of halogens is 2. The summed E-state index contributed by atoms with van der Waals surface area (Å²) in [6, 6.07) is 6.06. The van der Waals surface area contributed by atoms with Crippen LogP contribution in [0.2, 0.25) is 0 Å². The van der Waals surface area contributed by atoms with E-state index < -0.39 is 48.9 Å². The van der Waals surface area contributed by atoms with E-state index in [1.54, 1.807) is 24.1 Å². The number of phenols is 1. The predicted molar refractivity (Wildman–Crippen MR) is 154 cm³/mol. The summed E-state index contributed by atoms with van der Waals surface area (Å²) in [5.74, 6) is -2.61. The minimum Gasteiger partial charge on any atom is -0.507 e. The van der Waals surface area contributed by atoms with Crippen LogP contribution >= 0.6 is 0 Å². The molecule has 0 bridgehead atoms. The summed E-state index contributed by atoms with van der Waals surface area (Å²) >= 11 is 0. The maximum atomic E-state index is 15.9. The topological polar surface area (TPSA) is 117 Å². The number of rotatable bonds is 5. The number of pyridine rings is 3. The van der Waals surface area contributed by atoms with Crippen molar-refractivity contribution in [2.24, 2.45) is 0 Å². The van der Waals surface area contributed by atoms with Gasteiger partial charge in [-0.2, -0.15) is 0 Å². The summed E-state index contributed by atoms with van der Waals surface area (Å²) < 4.78 is 58.7. The number of anilines is 1. The maximum absolute atomic E-state index is 15.9. The van der Waals surface area contributed by atoms with Gasteiger partial charge in [0.25, 0.3) is 5.56 Å². The number of nitrogens with one attached hydrogen (secondary N) is 1. The highest BCUT2D eigenvalue weighted by molar-refractivity contribution is 7.90. The quantitative estimate of drug-likeness (QED) is 0.361. The largest absolute Gasteiger partial charge is 0.507 e. The second-order valence-corrected chi connectivity index (χ2v) is 12.6. The lowest BCUT2D eigenvalue weighted by atomic mass is 10.0. The first-order chi connectivity index (χ1) is 19.3. The van der Waals surface area contributed by atoms with Gasteiger partial charge in [-0.15, -0.1) is 0 Å². The lowest BCUT2D eigenvalue weighted by Crippen LogP contribution is -2.51. The van der Waals surface area contributed by atoms with Crippen LogP contribution in [0.3, 0.4) is 0 Å². The number of hydrogen-bond donors (Lipinski definition) is 2. The third-order valence-corrected chi connectivity index (χ3v) is 8.46. The van der Waals surface area contributed by atoms with Gasteiger partial charge < -0.3 is 15.3 Å². The molecule has 1 aromatic carbocycles. The molecule has 4 aromatic rings. The van der Waals surface area contributed by atoms with Gasteiger partial charge in [-0.05, 0) is 49.6 Å². The van der Waals surface area contributed by atoms with Crippen LogP contribution in [0.4, 0.5) is 14.5 Å². The van der Waals surface area contributed by atoms with E-state index in [0.717, 1.165) is 23.0 Å². The molecular formula is C29H31F2N5O4S. The van der Waals surface area contributed by atoms with E-state index in [2.05, 4.69) is 15.3 Å². The zero-order chi connectivity index (χ0) is 29.8. The molecule has 41 heavy (non-hydrogen) atoms. The van der Waals surface area contributed by atoms with Gasteiger partial charge in [0, 0.05) is 43.5 Å². The SMILES string of the molecule is Cc1ccnc(C(C)C)c1-n1c(=O)c(S(C)(=O)=O)c(N2CCNC[C@@H]2C)c2cc(F)c(-c3c(O)cccc3F)nc21. The smallest absolute Gasteiger partial charge is 0.277 e. The van der Waals surface area contributed by atoms with Gasteiger partial charge in [-0.1, -0.05) is 19.9 Å². The van der Waals surface area contributed by atoms with Gasteiger partial charge >= 0.3 is 0 Å². The Bertz CT molecular complexity index is 1840. The number of aromatic nitrogens is 3. The van der Waals surface area contributed by atoms with Crippen molar-refractivity contribution in [2.45, 2.75) is 44.6 Å². The molecule has 3 aromatic heterocycles. The number of fused-ring (bicyclic) bond motifs is 1. The molecule has 5 rings (SSSR count). The van der Waals surface area contributed by atoms with Gasteiger partial charge in [0.15, 0.2) is 26.2 Å². The van der Waals surface area contributed by atoms with Gasteiger partial charge in [-0.25, -0.2) is 22.2 Å². The Balaban J connectivity index is 2.06. The van der Waals surface area contributed by atoms with Crippen LogP contribution in [0.15, 0.2) is 46.2 Å². The minimum absolute atomic E-state index is 0.0427. The Labute approximate surface area is 236 Å². The highest BCUT2D eigenvalue weighted by atomic mass is 32.2. The molecular weight excluding hydrogens is 552 g/mol. The first-order valence-corrected chi connectivity index (χ1v) is 15.1. The number of nitrogens with zero attached hydrogens (tertiary/aromatic N) is 4. The molecule has 12 heteroatoms. The Morgan fingerprint density at radius 3 is 2.51 bits per heavy atom. The number of aryl methyl sites for hydroxylation is 1. The molecule has 0 spiro atoms. The molecule has 216 valence electrons. The summed E-state index contributed by atoms with van der Waals surface area (Å²) in [6.45, 7) is 8.74. The summed E-state index contributed by atoms with van der Waals surface area (Å²) in [5.41, 5.74) is -0.482. The highest BCUT2D eigenvalue weighted by Crippen LogP contribution is 2.39. The molecule has 4 heterocycles. The summed E-state index contributed by atoms with van der Waals surface area (Å²) in [6.07, 6.45) is 2.54. The van der Waals surface area contributed by atoms with Crippen LogP contribution in [0, 0.1) is 18.6 Å². The first kappa shape index (κ1) is 28.6. The Hall–Kier alpha value is -3.90. The van der Waals surface area contributed by atoms with E-state index in [9.17, 15) is 22.7 Å². The Morgan fingerprint density at radius 2 is 1.88 bits per heavy atom. The molecule has 0 radical (unpaired) electrons. The van der Waals surface area contributed by atoms with Crippen molar-refractivity contribution in [1.82, 2.24) is 19.9 Å². The number of hydrogen-bond acceptors (Lipinski definition) is 8. The van der Waals surface area contributed by atoms with Crippen molar-refractivity contribution in [2.75, 3.05) is 30.8 Å². The second-order valence-electron chi connectivity index (χ2n) is 10.7. The standard InChI is InChI=1S/C29H31F2N5O4S/c1-15(2)23-25(16(3)9-10-33-23)36-28-18(13-20(31)24(34-28)22-19(30)7-6-8-21(22)37)26(27(29(36)38)41(5,39)40)35-12-11-32-14-17(35)4/h6-10,13,15,17,32,37H,11-12,14H2,1-5H3/t17-/m0/s1. The average molecular weight is 584 g/mol. The maximum Gasteiger partial charge on any atom is 0.277 e. The van der Waals surface area contributed by atoms with E-state index in [0.29, 0.717) is 36.6 Å². The van der Waals surface area contributed by atoms with Crippen molar-refractivity contribution in [3.05, 3.63) is 69.8 Å². The van der Waals surface area contributed by atoms with E-state index in [-0.39, 0.29) is 28.7 Å². The van der Waals surface area contributed by atoms with Crippen LogP contribution in [0.5, 0.6) is 5.75 Å². The molecule has 0 amide bonds. The van der Waals surface area contributed by atoms with E-state index >= 15 is 4.39 Å². The lowest BCUT2D eigenvalue weighted by Gasteiger charge is -2.37. The normalized spacial score (nSPS) is 16.1. The van der Waals surface area contributed by atoms with Crippen molar-refractivity contribution in [3.63, 3.8) is 0 Å². The van der Waals surface area contributed by atoms with Crippen molar-refractivity contribution in [3.8, 4) is 22.7 Å². The molecule has 1 fully saturated rings. The van der Waals surface area contributed by atoms with E-state index in [1.807, 2.05) is 20.8 Å². The fraction of sp³-hybridized carbons (Fsp3) is 0.345. The van der Waals surface area contributed by atoms with Crippen LogP contribution in [0.25, 0.3) is 28.0 Å². The highest BCUT2D eigenvalue weighted by Gasteiger charge is 2.34. The fourth-order valence-electron chi connectivity index (χ4n) is 5.45. The molecule has 9 nitrogen and oxygen atoms in total. The molecule has 0 unspecified atom stereocenters. The van der Waals surface area contributed by atoms with Crippen molar-refractivity contribution >= 4 is 26.6 Å². The number of aromatic hydroxyl groups is 1. The van der Waals surface area contributed by atoms with Crippen molar-refractivity contribution < 1.29 is 22.3 Å². The van der Waals surface area contributed by atoms with Crippen molar-refractivity contribution in [1.29, 1.82) is 0 Å². The first-order valence-electron chi connectivity index (χ1n) is 13.2. The molecule has 1 atom stereocenters. The van der Waals surface area contributed by atoms with Crippen LogP contribution < -0.4 is 15.8 Å². The van der Waals surface area contributed by atoms with Crippen LogP contribution in [-0.4, -0.2) is 60.0 Å². The van der Waals surface area contributed by atoms with Crippen LogP contribution in [0.1, 0.15) is 37.9 Å². The van der Waals surface area contributed by atoms with E-state index in [4.69, 9.17) is 0 Å². The molecule has 2 N–H and O–H groups in total. The molecule has 1 saturated heterocycles. The number of piperazine rings is 1. The molecule has 0 aliphatic carbocycles. The zero-order valence-electron chi connectivity index (χ0n) is 23.4. The second kappa shape index (κ2) is 10.5. The monoisotopic (exact) mass is 583 g/mol. The van der Waals surface area contributed by atoms with E-state index in [1.165, 1.54) is 12.1 Å². The summed E-state index contributed by atoms with van der Waals surface area (Å²) in [5, 5.41) is 13.8. The van der Waals surface area contributed by atoms with Gasteiger partial charge in [0.05, 0.1) is 22.6 Å². The third kappa shape index (κ3) is 4.84. The number of benzene rings is 1. The van der Waals surface area contributed by atoms with Gasteiger partial charge in [0.1, 0.15) is 17.3 Å². The van der Waals surface area contributed by atoms with Crippen LogP contribution in [-0.2, 0) is 9.84 Å². The summed E-state index contributed by atoms with van der Waals surface area (Å²) in [7, 11) is -4.16. The minimum atomic E-state index is -4.16. The molecule has 1 aliphatic heterocycles. The lowest BCUT2D eigenvalue weighted by molar-refractivity contribution is 0.470. The average Bonchev–Trinajstić information content (AvgIpc) is 2.88. The molecule has 1 aliphatic rings. The third-order valence-electron chi connectivity index (χ3n) is 7.35. The summed E-state index contributed by atoms with van der Waals surface area (Å²) in [4.78, 5) is 24.7. The molecule has 0 saturated carbocycles. The van der Waals surface area contributed by atoms with Gasteiger partial charge in [-0.3, -0.25) is 14.3 Å². The predicted octanol–water partition coefficient (Wildman–Crippen LogP) is 4.06.